The number of rotatable bonds is 9. The van der Waals surface area contributed by atoms with Crippen molar-refractivity contribution in [1.82, 2.24) is 15.0 Å². The van der Waals surface area contributed by atoms with Gasteiger partial charge in [0.25, 0.3) is 5.91 Å². The Hall–Kier alpha value is -1.78. The Bertz CT molecular complexity index is 925. The normalized spacial score (nSPS) is 13.9. The molecule has 1 aromatic heterocycles. The van der Waals surface area contributed by atoms with Crippen LogP contribution in [-0.2, 0) is 21.4 Å². The van der Waals surface area contributed by atoms with Crippen molar-refractivity contribution in [1.29, 1.82) is 0 Å². The summed E-state index contributed by atoms with van der Waals surface area (Å²) in [7, 11) is -3.30. The number of alkyl halides is 3. The van der Waals surface area contributed by atoms with E-state index >= 15 is 0 Å². The summed E-state index contributed by atoms with van der Waals surface area (Å²) in [6.45, 7) is -0.909. The number of amides is 1. The van der Waals surface area contributed by atoms with Gasteiger partial charge in [-0.3, -0.25) is 9.78 Å². The van der Waals surface area contributed by atoms with Crippen LogP contribution < -0.4 is 10.0 Å². The zero-order valence-corrected chi connectivity index (χ0v) is 17.7. The fourth-order valence-electron chi connectivity index (χ4n) is 2.46. The number of halogens is 3. The number of pyridine rings is 1. The number of nitrogens with zero attached hydrogens (tertiary/aromatic N) is 1. The van der Waals surface area contributed by atoms with Gasteiger partial charge in [-0.15, -0.1) is 0 Å². The van der Waals surface area contributed by atoms with Crippen molar-refractivity contribution in [2.75, 3.05) is 12.9 Å². The number of hydrogen-bond acceptors (Lipinski definition) is 5. The molecule has 0 aliphatic rings. The fourth-order valence-corrected chi connectivity index (χ4v) is 2.99. The quantitative estimate of drug-likeness (QED) is 0.493. The van der Waals surface area contributed by atoms with Crippen LogP contribution in [0.15, 0.2) is 42.6 Å². The highest BCUT2D eigenvalue weighted by molar-refractivity contribution is 7.88. The number of aliphatic hydroxyl groups excluding tert-OH is 1. The summed E-state index contributed by atoms with van der Waals surface area (Å²) in [5, 5.41) is 12.6. The van der Waals surface area contributed by atoms with Crippen molar-refractivity contribution < 1.29 is 22.7 Å². The summed E-state index contributed by atoms with van der Waals surface area (Å²) in [5.41, 5.74) is 2.53. The summed E-state index contributed by atoms with van der Waals surface area (Å²) in [5.74, 6) is -0.789. The number of benzene rings is 1. The van der Waals surface area contributed by atoms with E-state index in [1.54, 1.807) is 42.6 Å². The van der Waals surface area contributed by atoms with Gasteiger partial charge in [-0.2, -0.15) is 0 Å². The van der Waals surface area contributed by atoms with Crippen molar-refractivity contribution in [3.8, 4) is 11.1 Å². The lowest BCUT2D eigenvalue weighted by molar-refractivity contribution is -0.121. The highest BCUT2D eigenvalue weighted by Gasteiger charge is 2.25. The summed E-state index contributed by atoms with van der Waals surface area (Å²) >= 11 is 10.9. The molecule has 2 rings (SSSR count). The van der Waals surface area contributed by atoms with Gasteiger partial charge in [0.05, 0.1) is 24.5 Å². The first-order valence-corrected chi connectivity index (χ1v) is 11.2. The average molecular weight is 464 g/mol. The van der Waals surface area contributed by atoms with Crippen molar-refractivity contribution in [2.24, 2.45) is 0 Å². The van der Waals surface area contributed by atoms with Crippen LogP contribution in [0.4, 0.5) is 4.39 Å². The molecule has 0 saturated heterocycles. The molecule has 0 fully saturated rings. The van der Waals surface area contributed by atoms with Gasteiger partial charge in [-0.25, -0.2) is 17.5 Å². The van der Waals surface area contributed by atoms with E-state index in [2.05, 4.69) is 15.0 Å². The number of hydrogen-bond donors (Lipinski definition) is 3. The lowest BCUT2D eigenvalue weighted by atomic mass is 9.99. The molecule has 11 heteroatoms. The lowest BCUT2D eigenvalue weighted by Gasteiger charge is -2.22. The maximum atomic E-state index is 13.2. The Morgan fingerprint density at radius 1 is 1.17 bits per heavy atom. The van der Waals surface area contributed by atoms with Crippen molar-refractivity contribution >= 4 is 39.1 Å². The first-order valence-electron chi connectivity index (χ1n) is 8.43. The second-order valence-electron chi connectivity index (χ2n) is 6.27. The molecule has 29 heavy (non-hydrogen) atoms. The lowest BCUT2D eigenvalue weighted by Crippen LogP contribution is -2.43. The molecule has 1 heterocycles. The summed E-state index contributed by atoms with van der Waals surface area (Å²) in [4.78, 5) is 14.4. The topological polar surface area (TPSA) is 108 Å². The molecule has 1 aromatic carbocycles. The molecule has 0 bridgehead atoms. The van der Waals surface area contributed by atoms with E-state index in [4.69, 9.17) is 23.2 Å². The molecule has 0 radical (unpaired) electrons. The predicted octanol–water partition coefficient (Wildman–Crippen LogP) is 2.09. The Morgan fingerprint density at radius 3 is 2.28 bits per heavy atom. The summed E-state index contributed by atoms with van der Waals surface area (Å²) < 4.78 is 37.8. The third-order valence-electron chi connectivity index (χ3n) is 4.00. The van der Waals surface area contributed by atoms with Crippen molar-refractivity contribution in [2.45, 2.75) is 23.5 Å². The molecule has 0 spiro atoms. The highest BCUT2D eigenvalue weighted by Crippen LogP contribution is 2.24. The third-order valence-corrected chi connectivity index (χ3v) is 5.06. The van der Waals surface area contributed by atoms with E-state index in [9.17, 15) is 22.7 Å². The molecular weight excluding hydrogens is 444 g/mol. The van der Waals surface area contributed by atoms with Crippen LogP contribution >= 0.6 is 23.2 Å². The Labute approximate surface area is 178 Å². The van der Waals surface area contributed by atoms with Gasteiger partial charge in [0, 0.05) is 11.8 Å². The Morgan fingerprint density at radius 2 is 1.79 bits per heavy atom. The Balaban J connectivity index is 2.08. The molecule has 158 valence electrons. The number of carbonyl (C=O) groups excluding carboxylic acids is 1. The van der Waals surface area contributed by atoms with E-state index in [0.717, 1.165) is 17.4 Å². The molecular formula is C18H20Cl2FN3O4S. The number of aromatic nitrogens is 1. The molecule has 0 aliphatic carbocycles. The second kappa shape index (κ2) is 10.3. The zero-order valence-electron chi connectivity index (χ0n) is 15.3. The van der Waals surface area contributed by atoms with Crippen LogP contribution in [0.25, 0.3) is 11.1 Å². The van der Waals surface area contributed by atoms with Crippen LogP contribution in [0, 0.1) is 0 Å². The second-order valence-corrected chi connectivity index (χ2v) is 9.20. The van der Waals surface area contributed by atoms with E-state index in [-0.39, 0.29) is 6.54 Å². The molecule has 7 nitrogen and oxygen atoms in total. The van der Waals surface area contributed by atoms with Gasteiger partial charge < -0.3 is 10.4 Å². The maximum absolute atomic E-state index is 13.2. The standard InChI is InChI=1S/C18H20Cl2FN3O4S/c1-29(27,28)23-10-14-7-6-13(9-22-14)11-2-4-12(5-3-11)16(25)15(8-21)24-18(26)17(19)20/h2-7,9,15-17,23,25H,8,10H2,1H3,(H,24,26)/t15-,16-/m1/s1. The predicted molar refractivity (Wildman–Crippen MR) is 110 cm³/mol. The van der Waals surface area contributed by atoms with Gasteiger partial charge >= 0.3 is 0 Å². The molecule has 2 aromatic rings. The fraction of sp³-hybridized carbons (Fsp3) is 0.333. The summed E-state index contributed by atoms with van der Waals surface area (Å²) in [6.07, 6.45) is 1.38. The number of nitrogens with one attached hydrogen (secondary N) is 2. The van der Waals surface area contributed by atoms with Crippen LogP contribution in [0.1, 0.15) is 17.4 Å². The van der Waals surface area contributed by atoms with E-state index in [1.807, 2.05) is 0 Å². The van der Waals surface area contributed by atoms with Gasteiger partial charge in [0.2, 0.25) is 10.0 Å². The van der Waals surface area contributed by atoms with E-state index in [0.29, 0.717) is 11.3 Å². The van der Waals surface area contributed by atoms with Crippen LogP contribution in [0.2, 0.25) is 0 Å². The van der Waals surface area contributed by atoms with Crippen molar-refractivity contribution in [3.63, 3.8) is 0 Å². The van der Waals surface area contributed by atoms with Gasteiger partial charge in [0.15, 0.2) is 4.84 Å². The minimum atomic E-state index is -3.30. The van der Waals surface area contributed by atoms with Crippen LogP contribution in [-0.4, -0.2) is 48.2 Å². The summed E-state index contributed by atoms with van der Waals surface area (Å²) in [6, 6.07) is 8.93. The largest absolute Gasteiger partial charge is 0.386 e. The number of sulfonamides is 1. The first kappa shape index (κ1) is 23.5. The minimum Gasteiger partial charge on any atom is -0.386 e. The molecule has 2 atom stereocenters. The SMILES string of the molecule is CS(=O)(=O)NCc1ccc(-c2ccc([C@@H](O)[C@@H](CF)NC(=O)C(Cl)Cl)cc2)cn1. The van der Waals surface area contributed by atoms with Gasteiger partial charge in [0.1, 0.15) is 12.8 Å². The zero-order chi connectivity index (χ0) is 21.6. The Kier molecular flexibility index (Phi) is 8.35. The van der Waals surface area contributed by atoms with Gasteiger partial charge in [-0.05, 0) is 17.2 Å². The maximum Gasteiger partial charge on any atom is 0.253 e. The smallest absolute Gasteiger partial charge is 0.253 e. The number of aliphatic hydroxyl groups is 1. The minimum absolute atomic E-state index is 0.0893. The van der Waals surface area contributed by atoms with Crippen LogP contribution in [0.5, 0.6) is 0 Å². The average Bonchev–Trinajstić information content (AvgIpc) is 2.69. The molecule has 0 saturated carbocycles. The molecule has 1 amide bonds. The monoisotopic (exact) mass is 463 g/mol. The molecule has 0 unspecified atom stereocenters. The first-order chi connectivity index (χ1) is 13.6. The van der Waals surface area contributed by atoms with Crippen molar-refractivity contribution in [3.05, 3.63) is 53.9 Å². The van der Waals surface area contributed by atoms with E-state index in [1.165, 1.54) is 0 Å². The van der Waals surface area contributed by atoms with E-state index < -0.39 is 39.6 Å². The molecule has 3 N–H and O–H groups in total. The van der Waals surface area contributed by atoms with Gasteiger partial charge in [-0.1, -0.05) is 53.5 Å². The number of carbonyl (C=O) groups is 1. The highest BCUT2D eigenvalue weighted by atomic mass is 35.5. The van der Waals surface area contributed by atoms with Crippen LogP contribution in [0.3, 0.4) is 0 Å². The molecule has 0 aliphatic heterocycles. The third kappa shape index (κ3) is 7.20.